The highest BCUT2D eigenvalue weighted by atomic mass is 32.1. The maximum Gasteiger partial charge on any atom is 0.336 e. The monoisotopic (exact) mass is 400 g/mol. The van der Waals surface area contributed by atoms with E-state index in [1.54, 1.807) is 30.4 Å². The average molecular weight is 400 g/mol. The number of benzene rings is 2. The number of hydrogen-bond acceptors (Lipinski definition) is 5. The summed E-state index contributed by atoms with van der Waals surface area (Å²) >= 11 is 1.70. The number of nitrogens with one attached hydrogen (secondary N) is 1. The van der Waals surface area contributed by atoms with E-state index in [1.165, 1.54) is 10.1 Å². The lowest BCUT2D eigenvalue weighted by Gasteiger charge is -2.11. The molecule has 6 nitrogen and oxygen atoms in total. The average Bonchev–Trinajstić information content (AvgIpc) is 3.32. The summed E-state index contributed by atoms with van der Waals surface area (Å²) in [5, 5.41) is 18.5. The van der Waals surface area contributed by atoms with Crippen molar-refractivity contribution in [2.75, 3.05) is 5.32 Å². The van der Waals surface area contributed by atoms with Crippen LogP contribution >= 0.6 is 11.3 Å². The fourth-order valence-electron chi connectivity index (χ4n) is 3.36. The van der Waals surface area contributed by atoms with E-state index in [-0.39, 0.29) is 5.56 Å². The van der Waals surface area contributed by atoms with Crippen LogP contribution in [0.5, 0.6) is 0 Å². The molecule has 0 amide bonds. The highest BCUT2D eigenvalue weighted by Gasteiger charge is 2.13. The molecule has 0 saturated carbocycles. The third-order valence-corrected chi connectivity index (χ3v) is 6.01. The maximum absolute atomic E-state index is 11.4. The molecule has 0 aliphatic heterocycles. The normalized spacial score (nSPS) is 11.2. The van der Waals surface area contributed by atoms with Crippen molar-refractivity contribution in [1.82, 2.24) is 14.6 Å². The molecular weight excluding hydrogens is 384 g/mol. The summed E-state index contributed by atoms with van der Waals surface area (Å²) in [5.74, 6) is -0.334. The first-order valence-electron chi connectivity index (χ1n) is 9.04. The highest BCUT2D eigenvalue weighted by Crippen LogP contribution is 2.33. The molecule has 3 heterocycles. The summed E-state index contributed by atoms with van der Waals surface area (Å²) in [7, 11) is 0. The summed E-state index contributed by atoms with van der Waals surface area (Å²) in [6.45, 7) is 1.78. The van der Waals surface area contributed by atoms with Crippen molar-refractivity contribution in [3.05, 3.63) is 78.0 Å². The van der Waals surface area contributed by atoms with Gasteiger partial charge in [0, 0.05) is 10.4 Å². The Morgan fingerprint density at radius 2 is 1.97 bits per heavy atom. The van der Waals surface area contributed by atoms with E-state index in [4.69, 9.17) is 5.10 Å². The number of nitrogens with zero attached hydrogens (tertiary/aromatic N) is 3. The predicted molar refractivity (Wildman–Crippen MR) is 115 cm³/mol. The topological polar surface area (TPSA) is 79.5 Å². The molecule has 5 rings (SSSR count). The van der Waals surface area contributed by atoms with E-state index in [0.717, 1.165) is 16.2 Å². The molecular formula is C22H16N4O2S. The second-order valence-corrected chi connectivity index (χ2v) is 7.77. The zero-order valence-corrected chi connectivity index (χ0v) is 16.3. The molecule has 0 saturated heterocycles. The van der Waals surface area contributed by atoms with Gasteiger partial charge >= 0.3 is 5.97 Å². The third-order valence-electron chi connectivity index (χ3n) is 4.87. The fraction of sp³-hybridized carbons (Fsp3) is 0.0455. The number of imidazole rings is 1. The van der Waals surface area contributed by atoms with Gasteiger partial charge in [-0.2, -0.15) is 0 Å². The van der Waals surface area contributed by atoms with Gasteiger partial charge in [0.25, 0.3) is 0 Å². The molecule has 5 aromatic rings. The number of aromatic carboxylic acids is 1. The van der Waals surface area contributed by atoms with Gasteiger partial charge in [0.05, 0.1) is 16.6 Å². The van der Waals surface area contributed by atoms with Crippen LogP contribution in [0, 0.1) is 6.92 Å². The molecule has 7 heteroatoms. The van der Waals surface area contributed by atoms with Gasteiger partial charge in [-0.1, -0.05) is 24.3 Å². The van der Waals surface area contributed by atoms with Crippen LogP contribution in [0.2, 0.25) is 0 Å². The van der Waals surface area contributed by atoms with Gasteiger partial charge in [-0.15, -0.1) is 16.4 Å². The third kappa shape index (κ3) is 3.01. The largest absolute Gasteiger partial charge is 0.478 e. The molecule has 0 aliphatic carbocycles. The molecule has 29 heavy (non-hydrogen) atoms. The molecule has 2 aromatic carbocycles. The Labute approximate surface area is 170 Å². The Morgan fingerprint density at radius 3 is 2.79 bits per heavy atom. The van der Waals surface area contributed by atoms with E-state index in [1.807, 2.05) is 41.0 Å². The van der Waals surface area contributed by atoms with Gasteiger partial charge in [-0.05, 0) is 54.3 Å². The van der Waals surface area contributed by atoms with Crippen molar-refractivity contribution < 1.29 is 9.90 Å². The fourth-order valence-corrected chi connectivity index (χ4v) is 4.41. The lowest BCUT2D eigenvalue weighted by molar-refractivity contribution is 0.0696. The lowest BCUT2D eigenvalue weighted by atomic mass is 10.1. The maximum atomic E-state index is 11.4. The first-order valence-corrected chi connectivity index (χ1v) is 9.85. The van der Waals surface area contributed by atoms with Crippen LogP contribution in [0.4, 0.5) is 11.5 Å². The molecule has 0 radical (unpaired) electrons. The molecule has 0 atom stereocenters. The van der Waals surface area contributed by atoms with Crippen molar-refractivity contribution in [2.24, 2.45) is 0 Å². The quantitative estimate of drug-likeness (QED) is 0.424. The molecule has 0 bridgehead atoms. The lowest BCUT2D eigenvalue weighted by Crippen LogP contribution is -2.04. The summed E-state index contributed by atoms with van der Waals surface area (Å²) in [6.07, 6.45) is 1.83. The molecule has 0 aliphatic rings. The number of thiophene rings is 1. The van der Waals surface area contributed by atoms with Crippen LogP contribution in [-0.2, 0) is 0 Å². The van der Waals surface area contributed by atoms with E-state index < -0.39 is 5.97 Å². The van der Waals surface area contributed by atoms with Gasteiger partial charge in [0.2, 0.25) is 0 Å². The SMILES string of the molecule is Cc1c(Nc2ccc3ncc(-c4cc5ccccc5s4)n3n2)cccc1C(=O)O. The number of fused-ring (bicyclic) bond motifs is 2. The first-order chi connectivity index (χ1) is 14.1. The van der Waals surface area contributed by atoms with Crippen LogP contribution in [0.15, 0.2) is 66.9 Å². The van der Waals surface area contributed by atoms with E-state index in [2.05, 4.69) is 28.5 Å². The van der Waals surface area contributed by atoms with Crippen LogP contribution < -0.4 is 5.32 Å². The van der Waals surface area contributed by atoms with E-state index in [9.17, 15) is 9.90 Å². The highest BCUT2D eigenvalue weighted by molar-refractivity contribution is 7.22. The van der Waals surface area contributed by atoms with Crippen LogP contribution in [-0.4, -0.2) is 25.7 Å². The van der Waals surface area contributed by atoms with Crippen molar-refractivity contribution in [1.29, 1.82) is 0 Å². The van der Waals surface area contributed by atoms with Crippen LogP contribution in [0.1, 0.15) is 15.9 Å². The number of hydrogen-bond donors (Lipinski definition) is 2. The molecule has 0 spiro atoms. The predicted octanol–water partition coefficient (Wildman–Crippen LogP) is 5.36. The number of rotatable bonds is 4. The zero-order chi connectivity index (χ0) is 20.0. The van der Waals surface area contributed by atoms with Crippen molar-refractivity contribution in [2.45, 2.75) is 6.92 Å². The van der Waals surface area contributed by atoms with Crippen LogP contribution in [0.3, 0.4) is 0 Å². The standard InChI is InChI=1S/C22H16N4O2S/c1-13-15(22(27)28)6-4-7-16(13)24-20-9-10-21-23-12-17(26(21)25-20)19-11-14-5-2-3-8-18(14)29-19/h2-12H,1H3,(H,24,25)(H,27,28). The molecule has 0 unspecified atom stereocenters. The van der Waals surface area contributed by atoms with Crippen molar-refractivity contribution in [3.63, 3.8) is 0 Å². The minimum Gasteiger partial charge on any atom is -0.478 e. The zero-order valence-electron chi connectivity index (χ0n) is 15.5. The van der Waals surface area contributed by atoms with Gasteiger partial charge in [-0.25, -0.2) is 14.3 Å². The Morgan fingerprint density at radius 1 is 1.10 bits per heavy atom. The van der Waals surface area contributed by atoms with Gasteiger partial charge < -0.3 is 10.4 Å². The van der Waals surface area contributed by atoms with E-state index >= 15 is 0 Å². The van der Waals surface area contributed by atoms with Crippen molar-refractivity contribution in [3.8, 4) is 10.6 Å². The second-order valence-electron chi connectivity index (χ2n) is 6.69. The molecule has 2 N–H and O–H groups in total. The number of aromatic nitrogens is 3. The van der Waals surface area contributed by atoms with Gasteiger partial charge in [0.1, 0.15) is 5.69 Å². The van der Waals surface area contributed by atoms with E-state index in [0.29, 0.717) is 17.1 Å². The van der Waals surface area contributed by atoms with Crippen LogP contribution in [0.25, 0.3) is 26.3 Å². The molecule has 3 aromatic heterocycles. The summed E-state index contributed by atoms with van der Waals surface area (Å²) in [4.78, 5) is 16.9. The molecule has 142 valence electrons. The Hall–Kier alpha value is -3.71. The Kier molecular flexibility index (Phi) is 4.03. The summed E-state index contributed by atoms with van der Waals surface area (Å²) in [5.41, 5.74) is 3.31. The Balaban J connectivity index is 1.56. The second kappa shape index (κ2) is 6.72. The number of anilines is 2. The number of carbonyl (C=O) groups is 1. The Bertz CT molecular complexity index is 1350. The first kappa shape index (κ1) is 17.4. The van der Waals surface area contributed by atoms with Gasteiger partial charge in [-0.3, -0.25) is 0 Å². The summed E-state index contributed by atoms with van der Waals surface area (Å²) in [6, 6.07) is 19.3. The van der Waals surface area contributed by atoms with Gasteiger partial charge in [0.15, 0.2) is 11.5 Å². The minimum atomic E-state index is -0.948. The minimum absolute atomic E-state index is 0.268. The summed E-state index contributed by atoms with van der Waals surface area (Å²) < 4.78 is 3.02. The van der Waals surface area contributed by atoms with Crippen molar-refractivity contribution >= 4 is 44.5 Å². The molecule has 0 fully saturated rings. The number of carboxylic acid groups (broad SMARTS) is 1. The smallest absolute Gasteiger partial charge is 0.336 e. The number of carboxylic acids is 1.